The maximum absolute atomic E-state index is 10.1. The molecule has 17 heavy (non-hydrogen) atoms. The van der Waals surface area contributed by atoms with Crippen molar-refractivity contribution in [1.29, 1.82) is 0 Å². The highest BCUT2D eigenvalue weighted by atomic mass is 16.3. The Labute approximate surface area is 100 Å². The van der Waals surface area contributed by atoms with E-state index in [1.807, 2.05) is 6.07 Å². The average molecular weight is 231 g/mol. The minimum atomic E-state index is -0.615. The number of benzene rings is 1. The maximum atomic E-state index is 10.1. The number of aromatic amines is 1. The lowest BCUT2D eigenvalue weighted by Gasteiger charge is -2.11. The fourth-order valence-corrected chi connectivity index (χ4v) is 1.83. The molecule has 2 aromatic rings. The van der Waals surface area contributed by atoms with Crippen molar-refractivity contribution in [2.45, 2.75) is 26.4 Å². The van der Waals surface area contributed by atoms with Gasteiger partial charge in [0.1, 0.15) is 5.82 Å². The Morgan fingerprint density at radius 3 is 2.71 bits per heavy atom. The van der Waals surface area contributed by atoms with Crippen molar-refractivity contribution in [3.8, 4) is 0 Å². The van der Waals surface area contributed by atoms with Crippen LogP contribution in [0.15, 0.2) is 24.4 Å². The number of anilines is 1. The molecule has 0 aliphatic heterocycles. The summed E-state index contributed by atoms with van der Waals surface area (Å²) in [6.07, 6.45) is 1.50. The number of rotatable bonds is 3. The van der Waals surface area contributed by atoms with E-state index in [-0.39, 0.29) is 0 Å². The number of aliphatic hydroxyl groups excluding tert-OH is 1. The topological polar surface area (TPSA) is 74.9 Å². The third-order valence-electron chi connectivity index (χ3n) is 3.06. The lowest BCUT2D eigenvalue weighted by molar-refractivity contribution is 0.179. The molecule has 0 aliphatic carbocycles. The zero-order valence-electron chi connectivity index (χ0n) is 10.1. The molecule has 0 aliphatic rings. The SMILES string of the molecule is Cc1ccc(CC(O)c2cn[nH]c2N)cc1C. The van der Waals surface area contributed by atoms with Crippen LogP contribution in [-0.2, 0) is 6.42 Å². The third-order valence-corrected chi connectivity index (χ3v) is 3.06. The van der Waals surface area contributed by atoms with Gasteiger partial charge in [-0.3, -0.25) is 5.10 Å². The van der Waals surface area contributed by atoms with Gasteiger partial charge in [0.15, 0.2) is 0 Å². The molecule has 0 saturated carbocycles. The van der Waals surface area contributed by atoms with Gasteiger partial charge in [0.05, 0.1) is 12.3 Å². The predicted octanol–water partition coefficient (Wildman–Crippen LogP) is 1.88. The smallest absolute Gasteiger partial charge is 0.124 e. The van der Waals surface area contributed by atoms with Gasteiger partial charge in [-0.1, -0.05) is 18.2 Å². The highest BCUT2D eigenvalue weighted by Crippen LogP contribution is 2.22. The van der Waals surface area contributed by atoms with Gasteiger partial charge in [0.2, 0.25) is 0 Å². The summed E-state index contributed by atoms with van der Waals surface area (Å²) < 4.78 is 0. The number of aromatic nitrogens is 2. The molecule has 1 unspecified atom stereocenters. The van der Waals surface area contributed by atoms with E-state index in [0.717, 1.165) is 5.56 Å². The Balaban J connectivity index is 2.16. The van der Waals surface area contributed by atoms with Crippen molar-refractivity contribution in [2.75, 3.05) is 5.73 Å². The van der Waals surface area contributed by atoms with Crippen molar-refractivity contribution >= 4 is 5.82 Å². The fraction of sp³-hybridized carbons (Fsp3) is 0.308. The zero-order valence-corrected chi connectivity index (χ0v) is 10.1. The molecule has 90 valence electrons. The molecule has 4 N–H and O–H groups in total. The van der Waals surface area contributed by atoms with E-state index in [2.05, 4.69) is 36.2 Å². The van der Waals surface area contributed by atoms with Gasteiger partial charge in [-0.25, -0.2) is 0 Å². The Bertz CT molecular complexity index is 519. The van der Waals surface area contributed by atoms with Gasteiger partial charge in [-0.05, 0) is 30.5 Å². The van der Waals surface area contributed by atoms with Crippen LogP contribution in [0.3, 0.4) is 0 Å². The number of aliphatic hydroxyl groups is 1. The molecular weight excluding hydrogens is 214 g/mol. The van der Waals surface area contributed by atoms with Crippen molar-refractivity contribution in [3.63, 3.8) is 0 Å². The highest BCUT2D eigenvalue weighted by Gasteiger charge is 2.13. The van der Waals surface area contributed by atoms with E-state index < -0.39 is 6.10 Å². The van der Waals surface area contributed by atoms with Gasteiger partial charge in [-0.15, -0.1) is 0 Å². The molecule has 0 saturated heterocycles. The van der Waals surface area contributed by atoms with Crippen LogP contribution in [-0.4, -0.2) is 15.3 Å². The normalized spacial score (nSPS) is 12.6. The number of hydrogen-bond acceptors (Lipinski definition) is 3. The molecule has 0 spiro atoms. The number of nitrogens with two attached hydrogens (primary N) is 1. The zero-order chi connectivity index (χ0) is 12.4. The van der Waals surface area contributed by atoms with Crippen LogP contribution in [0, 0.1) is 13.8 Å². The van der Waals surface area contributed by atoms with Gasteiger partial charge in [-0.2, -0.15) is 5.10 Å². The van der Waals surface area contributed by atoms with Gasteiger partial charge in [0.25, 0.3) is 0 Å². The van der Waals surface area contributed by atoms with Gasteiger partial charge in [0, 0.05) is 12.0 Å². The second-order valence-corrected chi connectivity index (χ2v) is 4.38. The first-order valence-corrected chi connectivity index (χ1v) is 5.61. The summed E-state index contributed by atoms with van der Waals surface area (Å²) in [5.41, 5.74) is 9.91. The molecule has 1 heterocycles. The second kappa shape index (κ2) is 4.59. The van der Waals surface area contributed by atoms with Crippen LogP contribution in [0.5, 0.6) is 0 Å². The number of aryl methyl sites for hydroxylation is 2. The van der Waals surface area contributed by atoms with E-state index >= 15 is 0 Å². The molecule has 0 radical (unpaired) electrons. The van der Waals surface area contributed by atoms with E-state index in [1.54, 1.807) is 6.20 Å². The minimum Gasteiger partial charge on any atom is -0.388 e. The first kappa shape index (κ1) is 11.7. The van der Waals surface area contributed by atoms with Gasteiger partial charge < -0.3 is 10.8 Å². The first-order chi connectivity index (χ1) is 8.08. The van der Waals surface area contributed by atoms with Crippen LogP contribution in [0.4, 0.5) is 5.82 Å². The number of hydrogen-bond donors (Lipinski definition) is 3. The van der Waals surface area contributed by atoms with E-state index in [9.17, 15) is 5.11 Å². The van der Waals surface area contributed by atoms with Crippen molar-refractivity contribution in [1.82, 2.24) is 10.2 Å². The fourth-order valence-electron chi connectivity index (χ4n) is 1.83. The largest absolute Gasteiger partial charge is 0.388 e. The lowest BCUT2D eigenvalue weighted by Crippen LogP contribution is -2.04. The number of nitrogens with zero attached hydrogens (tertiary/aromatic N) is 1. The van der Waals surface area contributed by atoms with Crippen molar-refractivity contribution in [3.05, 3.63) is 46.6 Å². The number of H-pyrrole nitrogens is 1. The Morgan fingerprint density at radius 2 is 2.12 bits per heavy atom. The van der Waals surface area contributed by atoms with Crippen LogP contribution in [0.2, 0.25) is 0 Å². The standard InChI is InChI=1S/C13H17N3O/c1-8-3-4-10(5-9(8)2)6-12(17)11-7-15-16-13(11)14/h3-5,7,12,17H,6H2,1-2H3,(H3,14,15,16). The minimum absolute atomic E-state index is 0.432. The third kappa shape index (κ3) is 2.47. The van der Waals surface area contributed by atoms with E-state index in [0.29, 0.717) is 17.8 Å². The molecule has 1 aromatic carbocycles. The quantitative estimate of drug-likeness (QED) is 0.755. The molecule has 2 rings (SSSR count). The summed E-state index contributed by atoms with van der Waals surface area (Å²) in [5, 5.41) is 16.5. The summed E-state index contributed by atoms with van der Waals surface area (Å²) in [7, 11) is 0. The van der Waals surface area contributed by atoms with E-state index in [1.165, 1.54) is 11.1 Å². The van der Waals surface area contributed by atoms with Crippen LogP contribution < -0.4 is 5.73 Å². The molecule has 0 bridgehead atoms. The molecule has 0 fully saturated rings. The van der Waals surface area contributed by atoms with Crippen molar-refractivity contribution in [2.24, 2.45) is 0 Å². The summed E-state index contributed by atoms with van der Waals surface area (Å²) in [5.74, 6) is 0.432. The second-order valence-electron chi connectivity index (χ2n) is 4.38. The Kier molecular flexibility index (Phi) is 3.15. The summed E-state index contributed by atoms with van der Waals surface area (Å²) >= 11 is 0. The molecule has 4 nitrogen and oxygen atoms in total. The van der Waals surface area contributed by atoms with Crippen molar-refractivity contribution < 1.29 is 5.11 Å². The Morgan fingerprint density at radius 1 is 1.35 bits per heavy atom. The molecule has 1 atom stereocenters. The Hall–Kier alpha value is -1.81. The van der Waals surface area contributed by atoms with Crippen LogP contribution in [0.25, 0.3) is 0 Å². The first-order valence-electron chi connectivity index (χ1n) is 5.61. The summed E-state index contributed by atoms with van der Waals surface area (Å²) in [4.78, 5) is 0. The highest BCUT2D eigenvalue weighted by molar-refractivity contribution is 5.39. The predicted molar refractivity (Wildman–Crippen MR) is 67.6 cm³/mol. The number of nitrogen functional groups attached to an aromatic ring is 1. The van der Waals surface area contributed by atoms with Crippen LogP contribution in [0.1, 0.15) is 28.4 Å². The molecule has 4 heteroatoms. The average Bonchev–Trinajstić information content (AvgIpc) is 2.70. The molecule has 1 aromatic heterocycles. The monoisotopic (exact) mass is 231 g/mol. The van der Waals surface area contributed by atoms with Crippen LogP contribution >= 0.6 is 0 Å². The summed E-state index contributed by atoms with van der Waals surface area (Å²) in [6.45, 7) is 4.14. The lowest BCUT2D eigenvalue weighted by atomic mass is 9.99. The van der Waals surface area contributed by atoms with Gasteiger partial charge >= 0.3 is 0 Å². The van der Waals surface area contributed by atoms with E-state index in [4.69, 9.17) is 5.73 Å². The molecule has 0 amide bonds. The number of nitrogens with one attached hydrogen (secondary N) is 1. The maximum Gasteiger partial charge on any atom is 0.124 e. The molecular formula is C13H17N3O. The summed E-state index contributed by atoms with van der Waals surface area (Å²) in [6, 6.07) is 6.19.